The predicted molar refractivity (Wildman–Crippen MR) is 112 cm³/mol. The molecule has 0 spiro atoms. The van der Waals surface area contributed by atoms with Crippen LogP contribution in [-0.2, 0) is 20.8 Å². The topological polar surface area (TPSA) is 97.0 Å². The van der Waals surface area contributed by atoms with Crippen molar-refractivity contribution in [2.75, 3.05) is 32.2 Å². The predicted octanol–water partition coefficient (Wildman–Crippen LogP) is 1.59. The monoisotopic (exact) mass is 411 g/mol. The average molecular weight is 411 g/mol. The number of para-hydroxylation sites is 1. The number of benzene rings is 2. The number of fused-ring (bicyclic) bond motifs is 1. The van der Waals surface area contributed by atoms with Gasteiger partial charge in [-0.05, 0) is 37.1 Å². The summed E-state index contributed by atoms with van der Waals surface area (Å²) in [6.45, 7) is 2.61. The van der Waals surface area contributed by atoms with Crippen molar-refractivity contribution in [3.05, 3.63) is 53.6 Å². The Bertz CT molecular complexity index is 960. The largest absolute Gasteiger partial charge is 0.493 e. The minimum Gasteiger partial charge on any atom is -0.493 e. The molecule has 1 aliphatic heterocycles. The van der Waals surface area contributed by atoms with Gasteiger partial charge in [0.1, 0.15) is 6.04 Å². The molecule has 1 atom stereocenters. The zero-order valence-corrected chi connectivity index (χ0v) is 17.2. The Hall–Kier alpha value is -3.55. The van der Waals surface area contributed by atoms with Crippen molar-refractivity contribution in [2.45, 2.75) is 19.4 Å². The molecular weight excluding hydrogens is 386 g/mol. The fraction of sp³-hybridized carbons (Fsp3) is 0.318. The van der Waals surface area contributed by atoms with E-state index < -0.39 is 17.9 Å². The Morgan fingerprint density at radius 2 is 1.77 bits per heavy atom. The van der Waals surface area contributed by atoms with Crippen LogP contribution in [-0.4, -0.2) is 45.0 Å². The summed E-state index contributed by atoms with van der Waals surface area (Å²) < 4.78 is 10.5. The van der Waals surface area contributed by atoms with Crippen LogP contribution >= 0.6 is 0 Å². The Kier molecular flexibility index (Phi) is 6.56. The number of anilines is 1. The smallest absolute Gasteiger partial charge is 0.310 e. The van der Waals surface area contributed by atoms with Gasteiger partial charge < -0.3 is 25.0 Å². The van der Waals surface area contributed by atoms with E-state index in [-0.39, 0.29) is 12.5 Å². The minimum absolute atomic E-state index is 0.245. The molecule has 30 heavy (non-hydrogen) atoms. The summed E-state index contributed by atoms with van der Waals surface area (Å²) in [6, 6.07) is 11.8. The molecule has 1 unspecified atom stereocenters. The van der Waals surface area contributed by atoms with E-state index in [1.165, 1.54) is 0 Å². The van der Waals surface area contributed by atoms with E-state index in [9.17, 15) is 14.4 Å². The molecule has 1 aliphatic rings. The molecule has 2 N–H and O–H groups in total. The third-order valence-electron chi connectivity index (χ3n) is 5.00. The van der Waals surface area contributed by atoms with Crippen molar-refractivity contribution in [1.82, 2.24) is 10.6 Å². The summed E-state index contributed by atoms with van der Waals surface area (Å²) in [5.41, 5.74) is 2.37. The molecule has 0 bridgehead atoms. The number of methoxy groups -OCH3 is 2. The van der Waals surface area contributed by atoms with Crippen LogP contribution < -0.4 is 25.0 Å². The second-order valence-electron chi connectivity index (χ2n) is 6.74. The summed E-state index contributed by atoms with van der Waals surface area (Å²) in [6.07, 6.45) is 0.508. The van der Waals surface area contributed by atoms with Crippen LogP contribution in [0.1, 0.15) is 24.1 Å². The van der Waals surface area contributed by atoms with Gasteiger partial charge in [0.25, 0.3) is 5.91 Å². The highest BCUT2D eigenvalue weighted by Crippen LogP contribution is 2.35. The SMILES string of the molecule is CCN1C(=O)C(NC(=O)C(=O)NCCc2ccc(OC)c(OC)c2)c2ccccc21. The van der Waals surface area contributed by atoms with Gasteiger partial charge in [0.05, 0.1) is 14.2 Å². The van der Waals surface area contributed by atoms with Crippen LogP contribution in [0.3, 0.4) is 0 Å². The zero-order valence-electron chi connectivity index (χ0n) is 17.2. The second kappa shape index (κ2) is 9.30. The number of carbonyl (C=O) groups is 3. The molecule has 0 aliphatic carbocycles. The summed E-state index contributed by atoms with van der Waals surface area (Å²) in [5, 5.41) is 5.14. The summed E-state index contributed by atoms with van der Waals surface area (Å²) >= 11 is 0. The Morgan fingerprint density at radius 1 is 1.03 bits per heavy atom. The lowest BCUT2D eigenvalue weighted by Crippen LogP contribution is -2.44. The number of hydrogen-bond donors (Lipinski definition) is 2. The lowest BCUT2D eigenvalue weighted by atomic mass is 10.1. The van der Waals surface area contributed by atoms with Crippen LogP contribution in [0, 0.1) is 0 Å². The lowest BCUT2D eigenvalue weighted by molar-refractivity contribution is -0.140. The Morgan fingerprint density at radius 3 is 2.47 bits per heavy atom. The van der Waals surface area contributed by atoms with Crippen molar-refractivity contribution >= 4 is 23.4 Å². The van der Waals surface area contributed by atoms with Gasteiger partial charge >= 0.3 is 11.8 Å². The van der Waals surface area contributed by atoms with Gasteiger partial charge in [-0.3, -0.25) is 14.4 Å². The molecule has 0 saturated heterocycles. The van der Waals surface area contributed by atoms with Crippen molar-refractivity contribution in [1.29, 1.82) is 0 Å². The van der Waals surface area contributed by atoms with Crippen molar-refractivity contribution in [3.63, 3.8) is 0 Å². The van der Waals surface area contributed by atoms with Crippen molar-refractivity contribution in [2.24, 2.45) is 0 Å². The molecular formula is C22H25N3O5. The van der Waals surface area contributed by atoms with Crippen LogP contribution in [0.2, 0.25) is 0 Å². The van der Waals surface area contributed by atoms with Crippen LogP contribution in [0.15, 0.2) is 42.5 Å². The van der Waals surface area contributed by atoms with Gasteiger partial charge in [-0.1, -0.05) is 24.3 Å². The maximum atomic E-state index is 12.6. The van der Waals surface area contributed by atoms with Gasteiger partial charge in [0.2, 0.25) is 0 Å². The standard InChI is InChI=1S/C22H25N3O5/c1-4-25-16-8-6-5-7-15(16)19(22(25)28)24-21(27)20(26)23-12-11-14-9-10-17(29-2)18(13-14)30-3/h5-10,13,19H,4,11-12H2,1-3H3,(H,23,26)(H,24,27). The van der Waals surface area contributed by atoms with Crippen molar-refractivity contribution in [3.8, 4) is 11.5 Å². The van der Waals surface area contributed by atoms with Gasteiger partial charge in [0, 0.05) is 24.3 Å². The van der Waals surface area contributed by atoms with Gasteiger partial charge in [-0.15, -0.1) is 0 Å². The maximum Gasteiger partial charge on any atom is 0.310 e. The second-order valence-corrected chi connectivity index (χ2v) is 6.74. The quantitative estimate of drug-likeness (QED) is 0.675. The zero-order chi connectivity index (χ0) is 21.7. The van der Waals surface area contributed by atoms with Gasteiger partial charge in [-0.2, -0.15) is 0 Å². The van der Waals surface area contributed by atoms with E-state index >= 15 is 0 Å². The highest BCUT2D eigenvalue weighted by atomic mass is 16.5. The number of likely N-dealkylation sites (N-methyl/N-ethyl adjacent to an activating group) is 1. The highest BCUT2D eigenvalue weighted by Gasteiger charge is 2.37. The summed E-state index contributed by atoms with van der Waals surface area (Å²) in [4.78, 5) is 38.8. The lowest BCUT2D eigenvalue weighted by Gasteiger charge is -2.15. The first kappa shape index (κ1) is 21.2. The van der Waals surface area contributed by atoms with E-state index in [0.29, 0.717) is 30.0 Å². The molecule has 2 aromatic carbocycles. The van der Waals surface area contributed by atoms with Crippen molar-refractivity contribution < 1.29 is 23.9 Å². The molecule has 0 saturated carbocycles. The molecule has 0 fully saturated rings. The highest BCUT2D eigenvalue weighted by molar-refractivity contribution is 6.35. The molecule has 0 radical (unpaired) electrons. The molecule has 0 aromatic heterocycles. The number of rotatable bonds is 7. The number of ether oxygens (including phenoxy) is 2. The first-order chi connectivity index (χ1) is 14.5. The molecule has 3 rings (SSSR count). The van der Waals surface area contributed by atoms with E-state index in [2.05, 4.69) is 10.6 Å². The first-order valence-electron chi connectivity index (χ1n) is 9.70. The average Bonchev–Trinajstić information content (AvgIpc) is 3.04. The van der Waals surface area contributed by atoms with Crippen LogP contribution in [0.5, 0.6) is 11.5 Å². The number of amides is 3. The van der Waals surface area contributed by atoms with Gasteiger partial charge in [0.15, 0.2) is 11.5 Å². The van der Waals surface area contributed by atoms with Crippen LogP contribution in [0.25, 0.3) is 0 Å². The molecule has 8 nitrogen and oxygen atoms in total. The number of nitrogens with zero attached hydrogens (tertiary/aromatic N) is 1. The van der Waals surface area contributed by atoms with E-state index in [4.69, 9.17) is 9.47 Å². The summed E-state index contributed by atoms with van der Waals surface area (Å²) in [5.74, 6) is -0.653. The Labute approximate surface area is 175 Å². The first-order valence-corrected chi connectivity index (χ1v) is 9.70. The normalized spacial score (nSPS) is 14.8. The van der Waals surface area contributed by atoms with Gasteiger partial charge in [-0.25, -0.2) is 0 Å². The molecule has 3 amide bonds. The minimum atomic E-state index is -0.856. The Balaban J connectivity index is 1.57. The summed E-state index contributed by atoms with van der Waals surface area (Å²) in [7, 11) is 3.11. The fourth-order valence-electron chi connectivity index (χ4n) is 3.48. The molecule has 2 aromatic rings. The molecule has 8 heteroatoms. The number of hydrogen-bond acceptors (Lipinski definition) is 5. The van der Waals surface area contributed by atoms with Crippen LogP contribution in [0.4, 0.5) is 5.69 Å². The number of nitrogens with one attached hydrogen (secondary N) is 2. The third kappa shape index (κ3) is 4.22. The third-order valence-corrected chi connectivity index (χ3v) is 5.00. The van der Waals surface area contributed by atoms with E-state index in [0.717, 1.165) is 11.3 Å². The van der Waals surface area contributed by atoms with E-state index in [1.54, 1.807) is 37.3 Å². The number of carbonyl (C=O) groups excluding carboxylic acids is 3. The molecule has 1 heterocycles. The molecule has 158 valence electrons. The van der Waals surface area contributed by atoms with E-state index in [1.807, 2.05) is 31.2 Å². The maximum absolute atomic E-state index is 12.6. The fourth-order valence-corrected chi connectivity index (χ4v) is 3.48.